The van der Waals surface area contributed by atoms with Crippen LogP contribution in [0.25, 0.3) is 5.31 Å². The fourth-order valence-electron chi connectivity index (χ4n) is 3.07. The van der Waals surface area contributed by atoms with Gasteiger partial charge in [0, 0.05) is 0 Å². The molecule has 0 radical (unpaired) electrons. The molecule has 4 aromatic rings. The van der Waals surface area contributed by atoms with Crippen LogP contribution >= 0.6 is 23.9 Å². The van der Waals surface area contributed by atoms with E-state index >= 15 is 0 Å². The van der Waals surface area contributed by atoms with E-state index in [-0.39, 0.29) is 15.0 Å². The van der Waals surface area contributed by atoms with Gasteiger partial charge in [-0.05, 0) is 0 Å². The molecule has 0 aliphatic carbocycles. The summed E-state index contributed by atoms with van der Waals surface area (Å²) >= 11 is 3.86. The Bertz CT molecular complexity index is 1020. The molecule has 4 aromatic carbocycles. The molecule has 0 aliphatic rings. The minimum absolute atomic E-state index is 0.272. The van der Waals surface area contributed by atoms with Crippen LogP contribution in [0.5, 0.6) is 0 Å². The van der Waals surface area contributed by atoms with E-state index < -0.39 is 7.92 Å². The van der Waals surface area contributed by atoms with Gasteiger partial charge in [0.1, 0.15) is 0 Å². The van der Waals surface area contributed by atoms with Gasteiger partial charge in [0.25, 0.3) is 0 Å². The minimum atomic E-state index is -0.635. The van der Waals surface area contributed by atoms with E-state index in [9.17, 15) is 0 Å². The van der Waals surface area contributed by atoms with Crippen LogP contribution in [-0.4, -0.2) is 15.0 Å². The Labute approximate surface area is 188 Å². The van der Waals surface area contributed by atoms with Crippen molar-refractivity contribution in [3.05, 3.63) is 130 Å². The SMILES string of the molecule is Brc1ccc(/C(=C\[Se]c2ccccc2)P(c2ccccc2)c2ccccc2)cc1. The second-order valence-corrected chi connectivity index (χ2v) is 11.5. The van der Waals surface area contributed by atoms with E-state index in [0.717, 1.165) is 4.47 Å². The zero-order valence-electron chi connectivity index (χ0n) is 15.8. The molecule has 4 rings (SSSR count). The van der Waals surface area contributed by atoms with Crippen molar-refractivity contribution in [1.82, 2.24) is 0 Å². The number of benzene rings is 4. The molecule has 0 aliphatic heterocycles. The van der Waals surface area contributed by atoms with E-state index in [0.29, 0.717) is 0 Å². The average molecular weight is 522 g/mol. The fourth-order valence-corrected chi connectivity index (χ4v) is 8.05. The van der Waals surface area contributed by atoms with E-state index in [4.69, 9.17) is 0 Å². The molecule has 0 atom stereocenters. The topological polar surface area (TPSA) is 0 Å². The normalized spacial score (nSPS) is 11.6. The number of hydrogen-bond acceptors (Lipinski definition) is 0. The first-order chi connectivity index (χ1) is 14.3. The molecule has 0 bridgehead atoms. The molecular weight excluding hydrogens is 502 g/mol. The molecule has 3 heteroatoms. The van der Waals surface area contributed by atoms with Crippen molar-refractivity contribution >= 4 is 59.2 Å². The van der Waals surface area contributed by atoms with Gasteiger partial charge >= 0.3 is 189 Å². The summed E-state index contributed by atoms with van der Waals surface area (Å²) in [4.78, 5) is 2.48. The van der Waals surface area contributed by atoms with Crippen LogP contribution in [0.15, 0.2) is 125 Å². The van der Waals surface area contributed by atoms with Crippen molar-refractivity contribution < 1.29 is 0 Å². The molecule has 142 valence electrons. The van der Waals surface area contributed by atoms with Crippen LogP contribution in [0.2, 0.25) is 0 Å². The Morgan fingerprint density at radius 3 is 1.62 bits per heavy atom. The maximum absolute atomic E-state index is 3.59. The Kier molecular flexibility index (Phi) is 7.14. The molecule has 0 aromatic heterocycles. The van der Waals surface area contributed by atoms with Crippen molar-refractivity contribution in [3.8, 4) is 0 Å². The molecule has 0 nitrogen and oxygen atoms in total. The molecule has 0 saturated carbocycles. The van der Waals surface area contributed by atoms with Crippen molar-refractivity contribution in [2.24, 2.45) is 0 Å². The molecule has 29 heavy (non-hydrogen) atoms. The van der Waals surface area contributed by atoms with Gasteiger partial charge in [0.15, 0.2) is 0 Å². The van der Waals surface area contributed by atoms with E-state index in [1.807, 2.05) is 0 Å². The van der Waals surface area contributed by atoms with Crippen molar-refractivity contribution in [2.45, 2.75) is 0 Å². The Hall–Kier alpha value is -1.95. The van der Waals surface area contributed by atoms with Crippen molar-refractivity contribution in [2.75, 3.05) is 0 Å². The number of halogens is 1. The molecule has 0 heterocycles. The summed E-state index contributed by atoms with van der Waals surface area (Å²) in [6.07, 6.45) is 0. The molecule has 0 N–H and O–H groups in total. The van der Waals surface area contributed by atoms with Gasteiger partial charge in [-0.3, -0.25) is 0 Å². The molecule has 0 unspecified atom stereocenters. The first-order valence-electron chi connectivity index (χ1n) is 9.39. The van der Waals surface area contributed by atoms with Gasteiger partial charge < -0.3 is 0 Å². The zero-order chi connectivity index (χ0) is 19.9. The third-order valence-corrected chi connectivity index (χ3v) is 9.76. The molecule has 0 saturated heterocycles. The van der Waals surface area contributed by atoms with Gasteiger partial charge in [0.2, 0.25) is 0 Å². The van der Waals surface area contributed by atoms with Crippen molar-refractivity contribution in [1.29, 1.82) is 0 Å². The van der Waals surface area contributed by atoms with Gasteiger partial charge in [-0.1, -0.05) is 0 Å². The summed E-state index contributed by atoms with van der Waals surface area (Å²) in [5.74, 6) is 0. The Balaban J connectivity index is 1.85. The summed E-state index contributed by atoms with van der Waals surface area (Å²) in [7, 11) is -0.635. The van der Waals surface area contributed by atoms with Gasteiger partial charge in [-0.2, -0.15) is 0 Å². The quantitative estimate of drug-likeness (QED) is 0.218. The molecule has 0 fully saturated rings. The number of rotatable bonds is 6. The van der Waals surface area contributed by atoms with Gasteiger partial charge in [0.05, 0.1) is 0 Å². The predicted octanol–water partition coefficient (Wildman–Crippen LogP) is 5.91. The molecular formula is C26H20BrPSe. The van der Waals surface area contributed by atoms with Crippen LogP contribution in [0.1, 0.15) is 5.56 Å². The van der Waals surface area contributed by atoms with E-state index in [1.165, 1.54) is 25.9 Å². The zero-order valence-corrected chi connectivity index (χ0v) is 20.0. The number of hydrogen-bond donors (Lipinski definition) is 0. The summed E-state index contributed by atoms with van der Waals surface area (Å²) in [6, 6.07) is 41.4. The first kappa shape index (κ1) is 20.3. The van der Waals surface area contributed by atoms with Crippen LogP contribution < -0.4 is 15.1 Å². The molecule has 0 amide bonds. The first-order valence-corrected chi connectivity index (χ1v) is 13.4. The monoisotopic (exact) mass is 522 g/mol. The van der Waals surface area contributed by atoms with E-state index in [2.05, 4.69) is 136 Å². The third kappa shape index (κ3) is 5.35. The van der Waals surface area contributed by atoms with Crippen LogP contribution in [0.4, 0.5) is 0 Å². The van der Waals surface area contributed by atoms with Gasteiger partial charge in [-0.15, -0.1) is 0 Å². The predicted molar refractivity (Wildman–Crippen MR) is 133 cm³/mol. The van der Waals surface area contributed by atoms with Crippen LogP contribution in [0, 0.1) is 0 Å². The van der Waals surface area contributed by atoms with Crippen molar-refractivity contribution in [3.63, 3.8) is 0 Å². The summed E-state index contributed by atoms with van der Waals surface area (Å²) in [6.45, 7) is 0. The Morgan fingerprint density at radius 2 is 1.10 bits per heavy atom. The summed E-state index contributed by atoms with van der Waals surface area (Å²) in [5, 5.41) is 4.19. The van der Waals surface area contributed by atoms with Crippen LogP contribution in [0.3, 0.4) is 0 Å². The third-order valence-electron chi connectivity index (χ3n) is 4.46. The summed E-state index contributed by atoms with van der Waals surface area (Å²) in [5.41, 5.74) is 1.30. The average Bonchev–Trinajstić information content (AvgIpc) is 2.79. The van der Waals surface area contributed by atoms with Crippen LogP contribution in [-0.2, 0) is 0 Å². The second kappa shape index (κ2) is 10.2. The standard InChI is InChI=1S/C26H20BrPSe/c27-22-18-16-21(17-19-22)26(20-29-25-14-8-3-9-15-25)28(23-10-4-1-5-11-23)24-12-6-2-7-13-24/h1-20H/b26-20+. The maximum atomic E-state index is 3.59. The van der Waals surface area contributed by atoms with E-state index in [1.54, 1.807) is 0 Å². The second-order valence-electron chi connectivity index (χ2n) is 6.45. The fraction of sp³-hybridized carbons (Fsp3) is 0. The van der Waals surface area contributed by atoms with Gasteiger partial charge in [-0.25, -0.2) is 0 Å². The summed E-state index contributed by atoms with van der Waals surface area (Å²) < 4.78 is 2.50. The Morgan fingerprint density at radius 1 is 0.621 bits per heavy atom. The molecule has 0 spiro atoms.